The largest absolute Gasteiger partial charge is 0.337 e. The first-order valence-corrected chi connectivity index (χ1v) is 9.01. The number of fused-ring (bicyclic) bond motifs is 1. The van der Waals surface area contributed by atoms with Crippen molar-refractivity contribution in [2.75, 3.05) is 13.1 Å². The minimum Gasteiger partial charge on any atom is -0.337 e. The Morgan fingerprint density at radius 2 is 1.67 bits per heavy atom. The van der Waals surface area contributed by atoms with Gasteiger partial charge in [0.05, 0.1) is 5.39 Å². The van der Waals surface area contributed by atoms with Crippen LogP contribution in [0.3, 0.4) is 0 Å². The maximum atomic E-state index is 13.1. The summed E-state index contributed by atoms with van der Waals surface area (Å²) in [5.74, 6) is -0.0436. The van der Waals surface area contributed by atoms with Gasteiger partial charge in [-0.2, -0.15) is 5.10 Å². The van der Waals surface area contributed by atoms with Gasteiger partial charge in [0, 0.05) is 25.0 Å². The molecule has 1 aromatic carbocycles. The van der Waals surface area contributed by atoms with E-state index in [0.717, 1.165) is 32.4 Å². The number of amides is 1. The summed E-state index contributed by atoms with van der Waals surface area (Å²) in [5.41, 5.74) is 0.302. The summed E-state index contributed by atoms with van der Waals surface area (Å²) in [4.78, 5) is 27.6. The molecule has 0 unspecified atom stereocenters. The van der Waals surface area contributed by atoms with Crippen LogP contribution >= 0.6 is 0 Å². The molecule has 0 spiro atoms. The van der Waals surface area contributed by atoms with Crippen molar-refractivity contribution in [3.63, 3.8) is 0 Å². The smallest absolute Gasteiger partial charge is 0.274 e. The summed E-state index contributed by atoms with van der Waals surface area (Å²) >= 11 is 0. The number of aryl methyl sites for hydroxylation is 1. The second-order valence-corrected chi connectivity index (χ2v) is 6.48. The first-order valence-electron chi connectivity index (χ1n) is 9.01. The normalized spacial score (nSPS) is 16.0. The van der Waals surface area contributed by atoms with Crippen molar-refractivity contribution < 1.29 is 4.79 Å². The fourth-order valence-electron chi connectivity index (χ4n) is 3.36. The number of benzene rings is 1. The van der Waals surface area contributed by atoms with Crippen molar-refractivity contribution in [2.24, 2.45) is 0 Å². The maximum absolute atomic E-state index is 13.1. The molecule has 0 radical (unpaired) electrons. The first-order chi connectivity index (χ1) is 11.7. The highest BCUT2D eigenvalue weighted by molar-refractivity contribution is 6.04. The van der Waals surface area contributed by atoms with Gasteiger partial charge in [0.1, 0.15) is 0 Å². The Kier molecular flexibility index (Phi) is 5.28. The monoisotopic (exact) mass is 327 g/mol. The molecule has 1 aliphatic heterocycles. The predicted octanol–water partition coefficient (Wildman–Crippen LogP) is 3.21. The Bertz CT molecular complexity index is 774. The van der Waals surface area contributed by atoms with E-state index in [1.54, 1.807) is 6.07 Å². The fraction of sp³-hybridized carbons (Fsp3) is 0.526. The maximum Gasteiger partial charge on any atom is 0.274 e. The number of rotatable bonds is 3. The van der Waals surface area contributed by atoms with Crippen LogP contribution in [0.25, 0.3) is 10.8 Å². The number of hydrogen-bond donors (Lipinski definition) is 0. The zero-order valence-electron chi connectivity index (χ0n) is 14.3. The molecule has 5 nitrogen and oxygen atoms in total. The van der Waals surface area contributed by atoms with Gasteiger partial charge in [0.2, 0.25) is 0 Å². The molecule has 24 heavy (non-hydrogen) atoms. The van der Waals surface area contributed by atoms with Crippen LogP contribution in [0.4, 0.5) is 0 Å². The molecule has 1 saturated heterocycles. The summed E-state index contributed by atoms with van der Waals surface area (Å²) in [6.07, 6.45) is 6.49. The molecule has 0 atom stereocenters. The Morgan fingerprint density at radius 3 is 2.33 bits per heavy atom. The lowest BCUT2D eigenvalue weighted by atomic mass is 10.1. The van der Waals surface area contributed by atoms with E-state index in [4.69, 9.17) is 0 Å². The molecule has 5 heteroatoms. The molecule has 3 rings (SSSR count). The number of hydrogen-bond acceptors (Lipinski definition) is 3. The number of carbonyl (C=O) groups excluding carboxylic acids is 1. The van der Waals surface area contributed by atoms with Crippen LogP contribution in [0.5, 0.6) is 0 Å². The van der Waals surface area contributed by atoms with Gasteiger partial charge in [-0.25, -0.2) is 4.68 Å². The molecule has 0 aliphatic carbocycles. The number of carbonyl (C=O) groups is 1. The van der Waals surface area contributed by atoms with Gasteiger partial charge in [-0.05, 0) is 25.3 Å². The van der Waals surface area contributed by atoms with E-state index in [0.29, 0.717) is 23.0 Å². The zero-order chi connectivity index (χ0) is 16.9. The molecule has 1 aliphatic rings. The second-order valence-electron chi connectivity index (χ2n) is 6.48. The summed E-state index contributed by atoms with van der Waals surface area (Å²) in [6.45, 7) is 4.09. The van der Waals surface area contributed by atoms with Crippen molar-refractivity contribution in [2.45, 2.75) is 52.0 Å². The molecule has 2 aromatic rings. The summed E-state index contributed by atoms with van der Waals surface area (Å²) in [6, 6.07) is 7.31. The molecule has 1 fully saturated rings. The van der Waals surface area contributed by atoms with E-state index in [-0.39, 0.29) is 11.5 Å². The van der Waals surface area contributed by atoms with Crippen LogP contribution in [0, 0.1) is 0 Å². The van der Waals surface area contributed by atoms with E-state index in [9.17, 15) is 9.59 Å². The highest BCUT2D eigenvalue weighted by Crippen LogP contribution is 2.18. The van der Waals surface area contributed by atoms with E-state index < -0.39 is 0 Å². The third kappa shape index (κ3) is 3.35. The van der Waals surface area contributed by atoms with Crippen molar-refractivity contribution in [3.05, 3.63) is 40.3 Å². The molecule has 0 N–H and O–H groups in total. The van der Waals surface area contributed by atoms with Gasteiger partial charge < -0.3 is 4.90 Å². The first kappa shape index (κ1) is 16.7. The molecular weight excluding hydrogens is 302 g/mol. The lowest BCUT2D eigenvalue weighted by Crippen LogP contribution is -2.36. The summed E-state index contributed by atoms with van der Waals surface area (Å²) in [7, 11) is 0. The minimum absolute atomic E-state index is 0.0436. The van der Waals surface area contributed by atoms with Crippen LogP contribution in [0.15, 0.2) is 29.1 Å². The van der Waals surface area contributed by atoms with Crippen molar-refractivity contribution in [1.82, 2.24) is 14.7 Å². The van der Waals surface area contributed by atoms with E-state index in [1.807, 2.05) is 30.0 Å². The van der Waals surface area contributed by atoms with Gasteiger partial charge >= 0.3 is 0 Å². The Morgan fingerprint density at radius 1 is 1.04 bits per heavy atom. The van der Waals surface area contributed by atoms with Crippen molar-refractivity contribution in [1.29, 1.82) is 0 Å². The average Bonchev–Trinajstić information content (AvgIpc) is 2.57. The third-order valence-corrected chi connectivity index (χ3v) is 4.65. The van der Waals surface area contributed by atoms with E-state index in [2.05, 4.69) is 5.10 Å². The highest BCUT2D eigenvalue weighted by Gasteiger charge is 2.22. The molecule has 1 aromatic heterocycles. The lowest BCUT2D eigenvalue weighted by Gasteiger charge is -2.25. The standard InChI is InChI=1S/C19H25N3O2/c1-2-12-22-18(23)16-11-7-6-10-15(16)17(20-22)19(24)21-13-8-4-3-5-9-14-21/h6-7,10-11H,2-5,8-9,12-14H2,1H3. The Hall–Kier alpha value is -2.17. The fourth-order valence-corrected chi connectivity index (χ4v) is 3.36. The summed E-state index contributed by atoms with van der Waals surface area (Å²) < 4.78 is 1.44. The predicted molar refractivity (Wildman–Crippen MR) is 95.3 cm³/mol. The number of likely N-dealkylation sites (tertiary alicyclic amines) is 1. The van der Waals surface area contributed by atoms with Gasteiger partial charge in [0.25, 0.3) is 11.5 Å². The van der Waals surface area contributed by atoms with Gasteiger partial charge in [-0.3, -0.25) is 9.59 Å². The van der Waals surface area contributed by atoms with E-state index in [1.165, 1.54) is 23.9 Å². The Balaban J connectivity index is 2.05. The summed E-state index contributed by atoms with van der Waals surface area (Å²) in [5, 5.41) is 5.68. The molecular formula is C19H25N3O2. The zero-order valence-corrected chi connectivity index (χ0v) is 14.3. The van der Waals surface area contributed by atoms with E-state index >= 15 is 0 Å². The highest BCUT2D eigenvalue weighted by atomic mass is 16.2. The van der Waals surface area contributed by atoms with Crippen LogP contribution in [0.1, 0.15) is 55.9 Å². The van der Waals surface area contributed by atoms with Gasteiger partial charge in [-0.15, -0.1) is 0 Å². The number of aromatic nitrogens is 2. The van der Waals surface area contributed by atoms with Gasteiger partial charge in [-0.1, -0.05) is 44.4 Å². The molecule has 0 saturated carbocycles. The van der Waals surface area contributed by atoms with Crippen molar-refractivity contribution in [3.8, 4) is 0 Å². The van der Waals surface area contributed by atoms with Crippen molar-refractivity contribution >= 4 is 16.7 Å². The third-order valence-electron chi connectivity index (χ3n) is 4.65. The molecule has 0 bridgehead atoms. The quantitative estimate of drug-likeness (QED) is 0.870. The minimum atomic E-state index is -0.114. The second kappa shape index (κ2) is 7.60. The molecule has 1 amide bonds. The lowest BCUT2D eigenvalue weighted by molar-refractivity contribution is 0.0736. The number of nitrogens with zero attached hydrogens (tertiary/aromatic N) is 3. The SMILES string of the molecule is CCCn1nc(C(=O)N2CCCCCCC2)c2ccccc2c1=O. The molecule has 128 valence electrons. The average molecular weight is 327 g/mol. The van der Waals surface area contributed by atoms with Crippen LogP contribution in [-0.4, -0.2) is 33.7 Å². The van der Waals surface area contributed by atoms with Gasteiger partial charge in [0.15, 0.2) is 5.69 Å². The van der Waals surface area contributed by atoms with Crippen LogP contribution in [0.2, 0.25) is 0 Å². The molecule has 2 heterocycles. The topological polar surface area (TPSA) is 55.2 Å². The Labute approximate surface area is 142 Å². The van der Waals surface area contributed by atoms with Crippen LogP contribution in [-0.2, 0) is 6.54 Å². The van der Waals surface area contributed by atoms with Crippen LogP contribution < -0.4 is 5.56 Å².